The van der Waals surface area contributed by atoms with Gasteiger partial charge >= 0.3 is 5.97 Å². The molecule has 0 heterocycles. The van der Waals surface area contributed by atoms with Crippen LogP contribution >= 0.6 is 11.6 Å². The van der Waals surface area contributed by atoms with E-state index in [9.17, 15) is 24.5 Å². The molecule has 0 aliphatic rings. The first-order valence-electron chi connectivity index (χ1n) is 8.95. The van der Waals surface area contributed by atoms with Gasteiger partial charge in [0.25, 0.3) is 11.6 Å². The summed E-state index contributed by atoms with van der Waals surface area (Å²) in [5, 5.41) is 14.0. The summed E-state index contributed by atoms with van der Waals surface area (Å²) in [5.74, 6) is -1.65. The molecule has 0 atom stereocenters. The molecule has 1 N–H and O–H groups in total. The number of carbonyl (C=O) groups is 3. The maximum absolute atomic E-state index is 12.2. The van der Waals surface area contributed by atoms with E-state index in [1.165, 1.54) is 42.5 Å². The molecule has 0 saturated carbocycles. The third-order valence-electron chi connectivity index (χ3n) is 4.20. The summed E-state index contributed by atoms with van der Waals surface area (Å²) in [6.45, 7) is -0.560. The SMILES string of the molecule is O=C(COC(=O)c1ccc(NC(=O)c2ccc(Cl)cc2)cc1)c1cccc([N+](=O)[O-])c1. The number of ketones is 1. The monoisotopic (exact) mass is 438 g/mol. The molecule has 3 rings (SSSR count). The van der Waals surface area contributed by atoms with E-state index < -0.39 is 23.3 Å². The second-order valence-electron chi connectivity index (χ2n) is 6.35. The molecular formula is C22H15ClN2O6. The van der Waals surface area contributed by atoms with Gasteiger partial charge in [-0.3, -0.25) is 19.7 Å². The summed E-state index contributed by atoms with van der Waals surface area (Å²) in [5.41, 5.74) is 0.906. The average molecular weight is 439 g/mol. The molecule has 8 nitrogen and oxygen atoms in total. The minimum absolute atomic E-state index is 0.0715. The molecule has 3 aromatic rings. The number of anilines is 1. The summed E-state index contributed by atoms with van der Waals surface area (Å²) >= 11 is 5.80. The molecule has 0 saturated heterocycles. The summed E-state index contributed by atoms with van der Waals surface area (Å²) in [6.07, 6.45) is 0. The lowest BCUT2D eigenvalue weighted by Crippen LogP contribution is -2.15. The van der Waals surface area contributed by atoms with Crippen LogP contribution in [0.2, 0.25) is 5.02 Å². The van der Waals surface area contributed by atoms with E-state index in [0.717, 1.165) is 6.07 Å². The normalized spacial score (nSPS) is 10.2. The number of non-ortho nitro benzene ring substituents is 1. The van der Waals surface area contributed by atoms with E-state index in [1.807, 2.05) is 0 Å². The molecule has 3 aromatic carbocycles. The molecule has 0 aliphatic heterocycles. The molecule has 31 heavy (non-hydrogen) atoms. The van der Waals surface area contributed by atoms with Crippen LogP contribution in [0.5, 0.6) is 0 Å². The number of nitro groups is 1. The van der Waals surface area contributed by atoms with Crippen molar-refractivity contribution in [1.29, 1.82) is 0 Å². The fourth-order valence-electron chi connectivity index (χ4n) is 2.58. The van der Waals surface area contributed by atoms with Crippen LogP contribution in [0.1, 0.15) is 31.1 Å². The van der Waals surface area contributed by atoms with E-state index >= 15 is 0 Å². The number of esters is 1. The first-order chi connectivity index (χ1) is 14.8. The van der Waals surface area contributed by atoms with E-state index in [2.05, 4.69) is 5.32 Å². The number of Topliss-reactive ketones (excluding diaryl/α,β-unsaturated/α-hetero) is 1. The molecule has 0 bridgehead atoms. The van der Waals surface area contributed by atoms with Gasteiger partial charge in [0, 0.05) is 34.0 Å². The van der Waals surface area contributed by atoms with Gasteiger partial charge in [0.15, 0.2) is 6.61 Å². The fourth-order valence-corrected chi connectivity index (χ4v) is 2.71. The Morgan fingerprint density at radius 1 is 0.903 bits per heavy atom. The lowest BCUT2D eigenvalue weighted by Gasteiger charge is -2.07. The van der Waals surface area contributed by atoms with Gasteiger partial charge < -0.3 is 10.1 Å². The van der Waals surface area contributed by atoms with Crippen LogP contribution in [0.15, 0.2) is 72.8 Å². The number of nitro benzene ring substituents is 1. The van der Waals surface area contributed by atoms with Crippen molar-refractivity contribution in [2.24, 2.45) is 0 Å². The number of nitrogens with one attached hydrogen (secondary N) is 1. The summed E-state index contributed by atoms with van der Waals surface area (Å²) < 4.78 is 4.99. The molecule has 9 heteroatoms. The van der Waals surface area contributed by atoms with Crippen molar-refractivity contribution in [3.8, 4) is 0 Å². The number of hydrogen-bond donors (Lipinski definition) is 1. The highest BCUT2D eigenvalue weighted by Crippen LogP contribution is 2.16. The quantitative estimate of drug-likeness (QED) is 0.250. The smallest absolute Gasteiger partial charge is 0.338 e. The topological polar surface area (TPSA) is 116 Å². The van der Waals surface area contributed by atoms with Crippen LogP contribution in [0.4, 0.5) is 11.4 Å². The highest BCUT2D eigenvalue weighted by atomic mass is 35.5. The van der Waals surface area contributed by atoms with Crippen molar-refractivity contribution in [2.75, 3.05) is 11.9 Å². The Labute approximate surface area is 181 Å². The van der Waals surface area contributed by atoms with Gasteiger partial charge in [-0.25, -0.2) is 4.79 Å². The van der Waals surface area contributed by atoms with Gasteiger partial charge in [-0.2, -0.15) is 0 Å². The lowest BCUT2D eigenvalue weighted by atomic mass is 10.1. The number of nitrogens with zero attached hydrogens (tertiary/aromatic N) is 1. The summed E-state index contributed by atoms with van der Waals surface area (Å²) in [4.78, 5) is 46.7. The number of rotatable bonds is 7. The number of amides is 1. The third kappa shape index (κ3) is 5.74. The maximum atomic E-state index is 12.2. The van der Waals surface area contributed by atoms with Gasteiger partial charge in [0.05, 0.1) is 10.5 Å². The zero-order valence-corrected chi connectivity index (χ0v) is 16.7. The zero-order valence-electron chi connectivity index (χ0n) is 15.9. The number of carbonyl (C=O) groups excluding carboxylic acids is 3. The fraction of sp³-hybridized carbons (Fsp3) is 0.0455. The number of benzene rings is 3. The zero-order chi connectivity index (χ0) is 22.4. The molecule has 1 amide bonds. The van der Waals surface area contributed by atoms with Crippen LogP contribution in [0, 0.1) is 10.1 Å². The maximum Gasteiger partial charge on any atom is 0.338 e. The molecule has 0 radical (unpaired) electrons. The molecular weight excluding hydrogens is 424 g/mol. The first-order valence-corrected chi connectivity index (χ1v) is 9.33. The van der Waals surface area contributed by atoms with E-state index in [-0.39, 0.29) is 22.7 Å². The minimum Gasteiger partial charge on any atom is -0.454 e. The Kier molecular flexibility index (Phi) is 6.74. The first kappa shape index (κ1) is 21.7. The van der Waals surface area contributed by atoms with Crippen molar-refractivity contribution >= 4 is 40.6 Å². The van der Waals surface area contributed by atoms with Crippen LogP contribution in [-0.4, -0.2) is 29.2 Å². The molecule has 0 spiro atoms. The van der Waals surface area contributed by atoms with Crippen molar-refractivity contribution in [3.63, 3.8) is 0 Å². The van der Waals surface area contributed by atoms with Crippen LogP contribution in [-0.2, 0) is 4.74 Å². The molecule has 0 aromatic heterocycles. The van der Waals surface area contributed by atoms with Crippen molar-refractivity contribution in [2.45, 2.75) is 0 Å². The molecule has 0 unspecified atom stereocenters. The molecule has 0 aliphatic carbocycles. The number of hydrogen-bond acceptors (Lipinski definition) is 6. The van der Waals surface area contributed by atoms with Crippen LogP contribution in [0.3, 0.4) is 0 Å². The molecule has 156 valence electrons. The predicted octanol–water partition coefficient (Wildman–Crippen LogP) is 4.54. The Morgan fingerprint density at radius 2 is 1.55 bits per heavy atom. The minimum atomic E-state index is -0.741. The third-order valence-corrected chi connectivity index (χ3v) is 4.45. The van der Waals surface area contributed by atoms with Crippen molar-refractivity contribution in [3.05, 3.63) is 105 Å². The van der Waals surface area contributed by atoms with Crippen LogP contribution < -0.4 is 5.32 Å². The summed E-state index contributed by atoms with van der Waals surface area (Å²) in [6, 6.07) is 17.5. The number of ether oxygens (including phenoxy) is 1. The Bertz CT molecular complexity index is 1140. The second-order valence-corrected chi connectivity index (χ2v) is 6.78. The average Bonchev–Trinajstić information content (AvgIpc) is 2.78. The highest BCUT2D eigenvalue weighted by molar-refractivity contribution is 6.30. The Morgan fingerprint density at radius 3 is 2.19 bits per heavy atom. The van der Waals surface area contributed by atoms with Crippen molar-refractivity contribution in [1.82, 2.24) is 0 Å². The number of halogens is 1. The van der Waals surface area contributed by atoms with Gasteiger partial charge in [-0.1, -0.05) is 23.7 Å². The largest absolute Gasteiger partial charge is 0.454 e. The van der Waals surface area contributed by atoms with Crippen LogP contribution in [0.25, 0.3) is 0 Å². The summed E-state index contributed by atoms with van der Waals surface area (Å²) in [7, 11) is 0. The highest BCUT2D eigenvalue weighted by Gasteiger charge is 2.15. The molecule has 0 fully saturated rings. The van der Waals surface area contributed by atoms with Gasteiger partial charge in [0.1, 0.15) is 0 Å². The van der Waals surface area contributed by atoms with Gasteiger partial charge in [-0.15, -0.1) is 0 Å². The van der Waals surface area contributed by atoms with Gasteiger partial charge in [-0.05, 0) is 48.5 Å². The Hall–Kier alpha value is -4.04. The van der Waals surface area contributed by atoms with Gasteiger partial charge in [0.2, 0.25) is 5.78 Å². The van der Waals surface area contributed by atoms with E-state index in [1.54, 1.807) is 24.3 Å². The standard InChI is InChI=1S/C22H15ClN2O6/c23-17-8-4-14(5-9-17)21(27)24-18-10-6-15(7-11-18)22(28)31-13-20(26)16-2-1-3-19(12-16)25(29)30/h1-12H,13H2,(H,24,27). The second kappa shape index (κ2) is 9.64. The van der Waals surface area contributed by atoms with Crippen molar-refractivity contribution < 1.29 is 24.0 Å². The van der Waals surface area contributed by atoms with E-state index in [4.69, 9.17) is 16.3 Å². The lowest BCUT2D eigenvalue weighted by molar-refractivity contribution is -0.384. The predicted molar refractivity (Wildman–Crippen MR) is 114 cm³/mol. The van der Waals surface area contributed by atoms with E-state index in [0.29, 0.717) is 16.3 Å². The Balaban J connectivity index is 1.57.